The predicted octanol–water partition coefficient (Wildman–Crippen LogP) is 3.07. The molecule has 2 aliphatic heterocycles. The first-order valence-electron chi connectivity index (χ1n) is 11.9. The molecule has 0 radical (unpaired) electrons. The number of aliphatic hydroxyl groups is 1. The lowest BCUT2D eigenvalue weighted by atomic mass is 9.78. The van der Waals surface area contributed by atoms with Crippen LogP contribution in [0.5, 0.6) is 0 Å². The Kier molecular flexibility index (Phi) is 6.29. The summed E-state index contributed by atoms with van der Waals surface area (Å²) in [5, 5.41) is 15.5. The van der Waals surface area contributed by atoms with Crippen LogP contribution in [0.3, 0.4) is 0 Å². The van der Waals surface area contributed by atoms with Crippen LogP contribution in [0.4, 0.5) is 0 Å². The fraction of sp³-hybridized carbons (Fsp3) is 0.500. The van der Waals surface area contributed by atoms with Gasteiger partial charge < -0.3 is 15.3 Å². The van der Waals surface area contributed by atoms with E-state index < -0.39 is 11.5 Å². The van der Waals surface area contributed by atoms with Crippen molar-refractivity contribution in [1.29, 1.82) is 0 Å². The maximum atomic E-state index is 13.7. The van der Waals surface area contributed by atoms with E-state index in [1.807, 2.05) is 49.0 Å². The number of hydrogen-bond donors (Lipinski definition) is 2. The van der Waals surface area contributed by atoms with Crippen LogP contribution in [-0.4, -0.2) is 58.1 Å². The summed E-state index contributed by atoms with van der Waals surface area (Å²) in [6.07, 6.45) is 1.93. The van der Waals surface area contributed by atoms with Crippen molar-refractivity contribution in [1.82, 2.24) is 20.1 Å². The van der Waals surface area contributed by atoms with Gasteiger partial charge in [0, 0.05) is 17.5 Å². The molecular formula is C26H34N4O3. The van der Waals surface area contributed by atoms with Crippen molar-refractivity contribution in [3.8, 4) is 0 Å². The topological polar surface area (TPSA) is 85.8 Å². The second-order valence-electron chi connectivity index (χ2n) is 9.25. The molecule has 176 valence electrons. The number of carbonyl (C=O) groups excluding carboxylic acids is 2. The van der Waals surface area contributed by atoms with Crippen LogP contribution >= 0.6 is 0 Å². The normalized spacial score (nSPS) is 19.7. The van der Waals surface area contributed by atoms with Gasteiger partial charge in [0.15, 0.2) is 5.60 Å². The van der Waals surface area contributed by atoms with Crippen molar-refractivity contribution in [2.75, 3.05) is 20.8 Å². The van der Waals surface area contributed by atoms with Gasteiger partial charge in [0.05, 0.1) is 23.9 Å². The summed E-state index contributed by atoms with van der Waals surface area (Å²) in [6.45, 7) is 6.67. The zero-order valence-corrected chi connectivity index (χ0v) is 20.2. The lowest BCUT2D eigenvalue weighted by Crippen LogP contribution is -2.52. The number of aryl methyl sites for hydroxylation is 1. The highest BCUT2D eigenvalue weighted by Crippen LogP contribution is 2.47. The molecular weight excluding hydrogens is 416 g/mol. The number of benzene rings is 1. The van der Waals surface area contributed by atoms with Crippen LogP contribution in [-0.2, 0) is 22.6 Å². The molecule has 7 nitrogen and oxygen atoms in total. The molecule has 0 fully saturated rings. The average molecular weight is 451 g/mol. The molecule has 2 amide bonds. The van der Waals surface area contributed by atoms with E-state index >= 15 is 0 Å². The molecule has 0 spiro atoms. The number of para-hydroxylation sites is 1. The molecule has 0 bridgehead atoms. The average Bonchev–Trinajstić information content (AvgIpc) is 3.18. The number of nitrogens with one attached hydrogen (secondary N) is 1. The third-order valence-electron chi connectivity index (χ3n) is 7.09. The number of carbonyl (C=O) groups is 2. The summed E-state index contributed by atoms with van der Waals surface area (Å²) >= 11 is 0. The molecule has 33 heavy (non-hydrogen) atoms. The molecule has 1 unspecified atom stereocenters. The monoisotopic (exact) mass is 450 g/mol. The summed E-state index contributed by atoms with van der Waals surface area (Å²) < 4.78 is 0. The highest BCUT2D eigenvalue weighted by molar-refractivity contribution is 5.99. The van der Waals surface area contributed by atoms with Crippen molar-refractivity contribution >= 4 is 22.7 Å². The van der Waals surface area contributed by atoms with Crippen LogP contribution in [0.1, 0.15) is 62.9 Å². The number of hydrogen-bond acceptors (Lipinski definition) is 5. The lowest BCUT2D eigenvalue weighted by molar-refractivity contribution is -0.138. The van der Waals surface area contributed by atoms with E-state index in [4.69, 9.17) is 4.98 Å². The molecule has 1 aromatic heterocycles. The van der Waals surface area contributed by atoms with Crippen LogP contribution in [0.25, 0.3) is 10.9 Å². The van der Waals surface area contributed by atoms with Gasteiger partial charge in [-0.2, -0.15) is 0 Å². The third kappa shape index (κ3) is 3.73. The number of fused-ring (bicyclic) bond motifs is 4. The van der Waals surface area contributed by atoms with Crippen molar-refractivity contribution in [2.24, 2.45) is 0 Å². The van der Waals surface area contributed by atoms with Gasteiger partial charge >= 0.3 is 0 Å². The van der Waals surface area contributed by atoms with E-state index in [1.54, 1.807) is 6.92 Å². The molecule has 7 heteroatoms. The Balaban J connectivity index is 1.81. The van der Waals surface area contributed by atoms with Crippen molar-refractivity contribution in [3.05, 3.63) is 52.2 Å². The van der Waals surface area contributed by atoms with Gasteiger partial charge in [-0.3, -0.25) is 19.5 Å². The van der Waals surface area contributed by atoms with Crippen molar-refractivity contribution in [3.63, 3.8) is 0 Å². The third-order valence-corrected chi connectivity index (χ3v) is 7.09. The maximum Gasteiger partial charge on any atom is 0.257 e. The lowest BCUT2D eigenvalue weighted by Gasteiger charge is -2.39. The first-order chi connectivity index (χ1) is 15.8. The molecule has 2 atom stereocenters. The summed E-state index contributed by atoms with van der Waals surface area (Å²) in [7, 11) is 3.70. The van der Waals surface area contributed by atoms with E-state index in [-0.39, 0.29) is 18.4 Å². The van der Waals surface area contributed by atoms with Crippen LogP contribution < -0.4 is 5.32 Å². The van der Waals surface area contributed by atoms with Gasteiger partial charge in [-0.05, 0) is 62.5 Å². The molecule has 0 saturated carbocycles. The van der Waals surface area contributed by atoms with E-state index in [9.17, 15) is 14.7 Å². The minimum absolute atomic E-state index is 0.0971. The number of nitrogens with zero attached hydrogens (tertiary/aromatic N) is 3. The van der Waals surface area contributed by atoms with Crippen molar-refractivity contribution < 1.29 is 14.7 Å². The van der Waals surface area contributed by atoms with Gasteiger partial charge in [-0.15, -0.1) is 0 Å². The molecule has 1 aromatic carbocycles. The van der Waals surface area contributed by atoms with E-state index in [1.165, 1.54) is 5.56 Å². The van der Waals surface area contributed by atoms with Crippen molar-refractivity contribution in [2.45, 2.75) is 64.6 Å². The zero-order valence-electron chi connectivity index (χ0n) is 20.2. The Morgan fingerprint density at radius 3 is 2.61 bits per heavy atom. The number of rotatable bonds is 7. The molecule has 2 aromatic rings. The molecule has 2 aliphatic rings. The van der Waals surface area contributed by atoms with Gasteiger partial charge in [0.25, 0.3) is 11.8 Å². The Labute approximate surface area is 195 Å². The molecule has 0 saturated heterocycles. The standard InChI is InChI=1S/C26H34N4O3/c1-6-16-18-11-9-10-12-21(18)28-23-19(16)14-30-22(23)13-20(17(7-2)24(30)31)26(33,8-3)25(32)27-15-29(4)5/h9-12,22,33H,6-8,13-15H2,1-5H3,(H,27,32)/t22?,26-/m0/s1. The van der Waals surface area contributed by atoms with Crippen LogP contribution in [0.2, 0.25) is 0 Å². The predicted molar refractivity (Wildman–Crippen MR) is 128 cm³/mol. The molecule has 3 heterocycles. The zero-order chi connectivity index (χ0) is 23.9. The molecule has 0 aliphatic carbocycles. The largest absolute Gasteiger partial charge is 0.376 e. The van der Waals surface area contributed by atoms with Gasteiger partial charge in [0.2, 0.25) is 0 Å². The van der Waals surface area contributed by atoms with Gasteiger partial charge in [-0.1, -0.05) is 39.0 Å². The second kappa shape index (κ2) is 8.88. The van der Waals surface area contributed by atoms with Gasteiger partial charge in [0.1, 0.15) is 0 Å². The van der Waals surface area contributed by atoms with Gasteiger partial charge in [-0.25, -0.2) is 0 Å². The molecule has 4 rings (SSSR count). The highest BCUT2D eigenvalue weighted by atomic mass is 16.3. The van der Waals surface area contributed by atoms with Crippen LogP contribution in [0, 0.1) is 0 Å². The number of aromatic nitrogens is 1. The highest BCUT2D eigenvalue weighted by Gasteiger charge is 2.49. The first kappa shape index (κ1) is 23.4. The maximum absolute atomic E-state index is 13.7. The number of amides is 2. The molecule has 2 N–H and O–H groups in total. The van der Waals surface area contributed by atoms with E-state index in [0.29, 0.717) is 37.2 Å². The summed E-state index contributed by atoms with van der Waals surface area (Å²) in [5.41, 5.74) is 3.52. The number of pyridine rings is 1. The Morgan fingerprint density at radius 2 is 1.97 bits per heavy atom. The first-order valence-corrected chi connectivity index (χ1v) is 11.9. The smallest absolute Gasteiger partial charge is 0.257 e. The second-order valence-corrected chi connectivity index (χ2v) is 9.25. The summed E-state index contributed by atoms with van der Waals surface area (Å²) in [4.78, 5) is 35.4. The van der Waals surface area contributed by atoms with E-state index in [0.717, 1.165) is 28.6 Å². The minimum atomic E-state index is -1.73. The quantitative estimate of drug-likeness (QED) is 0.634. The summed E-state index contributed by atoms with van der Waals surface area (Å²) in [5.74, 6) is -0.556. The Morgan fingerprint density at radius 1 is 1.24 bits per heavy atom. The van der Waals surface area contributed by atoms with E-state index in [2.05, 4.69) is 18.3 Å². The minimum Gasteiger partial charge on any atom is -0.376 e. The SMILES string of the molecule is CCC1=C([C@@](O)(CC)C(=O)NCN(C)C)CC2c3nc4ccccc4c(CC)c3CN2C1=O. The Bertz CT molecular complexity index is 1140. The summed E-state index contributed by atoms with van der Waals surface area (Å²) in [6, 6.07) is 7.82. The fourth-order valence-corrected chi connectivity index (χ4v) is 5.33. The van der Waals surface area contributed by atoms with Crippen LogP contribution in [0.15, 0.2) is 35.4 Å². The fourth-order valence-electron chi connectivity index (χ4n) is 5.33. The Hall–Kier alpha value is -2.77.